The largest absolute Gasteiger partial charge is 0.393 e. The Morgan fingerprint density at radius 2 is 2.38 bits per heavy atom. The highest BCUT2D eigenvalue weighted by molar-refractivity contribution is 4.87. The zero-order chi connectivity index (χ0) is 9.26. The topological polar surface area (TPSA) is 63.8 Å². The molecule has 0 spiro atoms. The van der Waals surface area contributed by atoms with Crippen molar-refractivity contribution in [2.45, 2.75) is 31.8 Å². The second-order valence-electron chi connectivity index (χ2n) is 3.66. The van der Waals surface area contributed by atoms with Gasteiger partial charge in [0.15, 0.2) is 5.82 Å². The van der Waals surface area contributed by atoms with Crippen molar-refractivity contribution in [3.8, 4) is 0 Å². The molecule has 2 atom stereocenters. The van der Waals surface area contributed by atoms with Gasteiger partial charge in [0.05, 0.1) is 13.2 Å². The van der Waals surface area contributed by atoms with E-state index in [1.54, 1.807) is 7.05 Å². The first-order valence-corrected chi connectivity index (χ1v) is 4.66. The fourth-order valence-corrected chi connectivity index (χ4v) is 1.89. The normalized spacial score (nSPS) is 28.2. The molecule has 5 heteroatoms. The highest BCUT2D eigenvalue weighted by Crippen LogP contribution is 2.27. The van der Waals surface area contributed by atoms with Crippen molar-refractivity contribution in [3.05, 3.63) is 5.82 Å². The number of hydrogen-bond donors (Lipinski definition) is 1. The Balaban J connectivity index is 1.97. The maximum Gasteiger partial charge on any atom is 0.175 e. The summed E-state index contributed by atoms with van der Waals surface area (Å²) in [6.07, 6.45) is 3.72. The maximum atomic E-state index is 9.57. The Kier molecular flexibility index (Phi) is 2.26. The Morgan fingerprint density at radius 3 is 2.92 bits per heavy atom. The van der Waals surface area contributed by atoms with Gasteiger partial charge in [-0.2, -0.15) is 4.80 Å². The van der Waals surface area contributed by atoms with Crippen LogP contribution in [0, 0.1) is 5.92 Å². The minimum absolute atomic E-state index is 0.163. The average molecular weight is 182 g/mol. The van der Waals surface area contributed by atoms with E-state index in [9.17, 15) is 5.11 Å². The van der Waals surface area contributed by atoms with Crippen LogP contribution in [0.25, 0.3) is 0 Å². The molecular weight excluding hydrogens is 168 g/mol. The molecule has 0 aliphatic heterocycles. The summed E-state index contributed by atoms with van der Waals surface area (Å²) in [6.45, 7) is 0. The molecule has 1 aromatic heterocycles. The van der Waals surface area contributed by atoms with E-state index in [-0.39, 0.29) is 6.10 Å². The highest BCUT2D eigenvalue weighted by Gasteiger charge is 2.26. The van der Waals surface area contributed by atoms with Crippen LogP contribution in [0.1, 0.15) is 25.1 Å². The third-order valence-electron chi connectivity index (χ3n) is 2.61. The predicted octanol–water partition coefficient (Wildman–Crippen LogP) is -0.0864. The van der Waals surface area contributed by atoms with Crippen LogP contribution in [-0.4, -0.2) is 31.4 Å². The predicted molar refractivity (Wildman–Crippen MR) is 45.8 cm³/mol. The molecule has 0 aromatic carbocycles. The van der Waals surface area contributed by atoms with Crippen LogP contribution in [0.3, 0.4) is 0 Å². The summed E-state index contributed by atoms with van der Waals surface area (Å²) in [5.74, 6) is 1.08. The molecule has 0 radical (unpaired) electrons. The highest BCUT2D eigenvalue weighted by atomic mass is 16.3. The molecule has 72 valence electrons. The van der Waals surface area contributed by atoms with E-state index in [0.717, 1.165) is 31.5 Å². The Morgan fingerprint density at radius 1 is 1.54 bits per heavy atom. The number of aliphatic hydroxyl groups is 1. The van der Waals surface area contributed by atoms with Crippen LogP contribution in [0.4, 0.5) is 0 Å². The first kappa shape index (κ1) is 8.62. The fraction of sp³-hybridized carbons (Fsp3) is 0.875. The fourth-order valence-electron chi connectivity index (χ4n) is 1.89. The molecule has 0 saturated heterocycles. The molecule has 1 aromatic rings. The Hall–Kier alpha value is -0.970. The SMILES string of the molecule is Cn1nnc(C[C@@H]2CCC[C@H]2O)n1. The van der Waals surface area contributed by atoms with Crippen LogP contribution < -0.4 is 0 Å². The summed E-state index contributed by atoms with van der Waals surface area (Å²) in [6, 6.07) is 0. The van der Waals surface area contributed by atoms with Crippen molar-refractivity contribution in [1.29, 1.82) is 0 Å². The lowest BCUT2D eigenvalue weighted by atomic mass is 10.0. The summed E-state index contributed by atoms with van der Waals surface area (Å²) >= 11 is 0. The molecule has 0 amide bonds. The van der Waals surface area contributed by atoms with Gasteiger partial charge in [0.2, 0.25) is 0 Å². The standard InChI is InChI=1S/C8H14N4O/c1-12-10-8(9-11-12)5-6-3-2-4-7(6)13/h6-7,13H,2-5H2,1H3/t6-,7+/m0/s1. The lowest BCUT2D eigenvalue weighted by Crippen LogP contribution is -2.16. The second kappa shape index (κ2) is 3.41. The van der Waals surface area contributed by atoms with Crippen LogP contribution >= 0.6 is 0 Å². The molecule has 5 nitrogen and oxygen atoms in total. The minimum atomic E-state index is -0.163. The third kappa shape index (κ3) is 1.85. The monoisotopic (exact) mass is 182 g/mol. The van der Waals surface area contributed by atoms with E-state index in [0.29, 0.717) is 5.92 Å². The summed E-state index contributed by atoms with van der Waals surface area (Å²) < 4.78 is 0. The smallest absolute Gasteiger partial charge is 0.175 e. The molecule has 2 rings (SSSR count). The van der Waals surface area contributed by atoms with Gasteiger partial charge in [-0.05, 0) is 24.0 Å². The number of tetrazole rings is 1. The van der Waals surface area contributed by atoms with Gasteiger partial charge in [-0.3, -0.25) is 0 Å². The molecule has 0 unspecified atom stereocenters. The molecule has 1 N–H and O–H groups in total. The number of aryl methyl sites for hydroxylation is 1. The second-order valence-corrected chi connectivity index (χ2v) is 3.66. The lowest BCUT2D eigenvalue weighted by molar-refractivity contribution is 0.131. The first-order chi connectivity index (χ1) is 6.25. The quantitative estimate of drug-likeness (QED) is 0.694. The van der Waals surface area contributed by atoms with Crippen molar-refractivity contribution in [2.24, 2.45) is 13.0 Å². The zero-order valence-corrected chi connectivity index (χ0v) is 7.72. The van der Waals surface area contributed by atoms with E-state index in [1.807, 2.05) is 0 Å². The number of aromatic nitrogens is 4. The molecule has 1 aliphatic rings. The van der Waals surface area contributed by atoms with Crippen LogP contribution in [0.5, 0.6) is 0 Å². The van der Waals surface area contributed by atoms with Crippen molar-refractivity contribution in [3.63, 3.8) is 0 Å². The van der Waals surface area contributed by atoms with Gasteiger partial charge in [0.25, 0.3) is 0 Å². The maximum absolute atomic E-state index is 9.57. The Bertz CT molecular complexity index is 285. The molecule has 1 aliphatic carbocycles. The number of nitrogens with zero attached hydrogens (tertiary/aromatic N) is 4. The molecule has 1 fully saturated rings. The van der Waals surface area contributed by atoms with Crippen LogP contribution in [0.2, 0.25) is 0 Å². The van der Waals surface area contributed by atoms with Crippen molar-refractivity contribution < 1.29 is 5.11 Å². The Labute approximate surface area is 76.8 Å². The molecule has 0 bridgehead atoms. The molecular formula is C8H14N4O. The first-order valence-electron chi connectivity index (χ1n) is 4.66. The van der Waals surface area contributed by atoms with Crippen molar-refractivity contribution in [2.75, 3.05) is 0 Å². The lowest BCUT2D eigenvalue weighted by Gasteiger charge is -2.10. The summed E-state index contributed by atoms with van der Waals surface area (Å²) in [4.78, 5) is 1.46. The van der Waals surface area contributed by atoms with E-state index in [4.69, 9.17) is 0 Å². The van der Waals surface area contributed by atoms with Gasteiger partial charge in [-0.25, -0.2) is 0 Å². The van der Waals surface area contributed by atoms with Gasteiger partial charge in [-0.15, -0.1) is 10.2 Å². The molecule has 1 heterocycles. The van der Waals surface area contributed by atoms with Crippen molar-refractivity contribution in [1.82, 2.24) is 20.2 Å². The zero-order valence-electron chi connectivity index (χ0n) is 7.72. The summed E-state index contributed by atoms with van der Waals surface area (Å²) in [7, 11) is 1.75. The van der Waals surface area contributed by atoms with E-state index in [1.165, 1.54) is 4.80 Å². The molecule has 1 saturated carbocycles. The van der Waals surface area contributed by atoms with E-state index >= 15 is 0 Å². The van der Waals surface area contributed by atoms with Gasteiger partial charge in [-0.1, -0.05) is 6.42 Å². The average Bonchev–Trinajstić information content (AvgIpc) is 2.64. The van der Waals surface area contributed by atoms with Gasteiger partial charge in [0, 0.05) is 6.42 Å². The summed E-state index contributed by atoms with van der Waals surface area (Å²) in [5.41, 5.74) is 0. The van der Waals surface area contributed by atoms with Gasteiger partial charge < -0.3 is 5.11 Å². The third-order valence-corrected chi connectivity index (χ3v) is 2.61. The molecule has 13 heavy (non-hydrogen) atoms. The number of hydrogen-bond acceptors (Lipinski definition) is 4. The van der Waals surface area contributed by atoms with Crippen LogP contribution in [0.15, 0.2) is 0 Å². The van der Waals surface area contributed by atoms with Gasteiger partial charge >= 0.3 is 0 Å². The van der Waals surface area contributed by atoms with Crippen molar-refractivity contribution >= 4 is 0 Å². The summed E-state index contributed by atoms with van der Waals surface area (Å²) in [5, 5.41) is 21.3. The van der Waals surface area contributed by atoms with Crippen LogP contribution in [-0.2, 0) is 13.5 Å². The number of aliphatic hydroxyl groups excluding tert-OH is 1. The number of rotatable bonds is 2. The van der Waals surface area contributed by atoms with Gasteiger partial charge in [0.1, 0.15) is 0 Å². The van der Waals surface area contributed by atoms with E-state index < -0.39 is 0 Å². The minimum Gasteiger partial charge on any atom is -0.393 e. The van der Waals surface area contributed by atoms with E-state index in [2.05, 4.69) is 15.4 Å².